The van der Waals surface area contributed by atoms with Crippen molar-refractivity contribution in [3.05, 3.63) is 76.8 Å². The summed E-state index contributed by atoms with van der Waals surface area (Å²) in [6.45, 7) is -0.0117. The maximum atomic E-state index is 13.3. The second-order valence-corrected chi connectivity index (χ2v) is 7.80. The number of oxazole rings is 1. The van der Waals surface area contributed by atoms with Crippen molar-refractivity contribution < 1.29 is 14.0 Å². The molecular formula is C22H18ClN3O3. The standard InChI is InChI=1S/C22H18ClN3O3/c23-16-9-7-15(8-10-16)18-12-24-19(29-18)13-26-20(27)22(25-21(26)28)11-3-5-14-4-1-2-6-17(14)22/h1-2,4,6-10,12H,3,5,11,13H2,(H,25,28). The van der Waals surface area contributed by atoms with Crippen LogP contribution in [0.3, 0.4) is 0 Å². The molecule has 5 rings (SSSR count). The van der Waals surface area contributed by atoms with Gasteiger partial charge in [-0.1, -0.05) is 35.9 Å². The molecule has 1 N–H and O–H groups in total. The Labute approximate surface area is 172 Å². The number of imide groups is 1. The molecule has 146 valence electrons. The third-order valence-corrected chi connectivity index (χ3v) is 5.88. The topological polar surface area (TPSA) is 75.4 Å². The smallest absolute Gasteiger partial charge is 0.325 e. The number of amides is 3. The highest BCUT2D eigenvalue weighted by molar-refractivity contribution is 6.30. The van der Waals surface area contributed by atoms with E-state index in [1.54, 1.807) is 18.3 Å². The summed E-state index contributed by atoms with van der Waals surface area (Å²) in [5, 5.41) is 3.57. The average molecular weight is 408 g/mol. The predicted octanol–water partition coefficient (Wildman–Crippen LogP) is 4.28. The van der Waals surface area contributed by atoms with E-state index >= 15 is 0 Å². The molecule has 0 saturated carbocycles. The Bertz CT molecular complexity index is 1110. The number of urea groups is 1. The van der Waals surface area contributed by atoms with Gasteiger partial charge in [-0.05, 0) is 54.7 Å². The monoisotopic (exact) mass is 407 g/mol. The van der Waals surface area contributed by atoms with Crippen molar-refractivity contribution in [2.24, 2.45) is 0 Å². The van der Waals surface area contributed by atoms with Crippen LogP contribution in [0.15, 0.2) is 59.1 Å². The Morgan fingerprint density at radius 2 is 1.93 bits per heavy atom. The third-order valence-electron chi connectivity index (χ3n) is 5.63. The molecule has 1 saturated heterocycles. The highest BCUT2D eigenvalue weighted by Crippen LogP contribution is 2.40. The largest absolute Gasteiger partial charge is 0.439 e. The number of hydrogen-bond acceptors (Lipinski definition) is 4. The summed E-state index contributed by atoms with van der Waals surface area (Å²) in [5.41, 5.74) is 1.83. The van der Waals surface area contributed by atoms with Gasteiger partial charge in [0.2, 0.25) is 5.89 Å². The molecule has 3 aromatic rings. The van der Waals surface area contributed by atoms with Gasteiger partial charge in [0.15, 0.2) is 5.76 Å². The zero-order valence-corrected chi connectivity index (χ0v) is 16.3. The molecule has 2 heterocycles. The van der Waals surface area contributed by atoms with Crippen LogP contribution in [0.1, 0.15) is 29.9 Å². The average Bonchev–Trinajstić information content (AvgIpc) is 3.29. The summed E-state index contributed by atoms with van der Waals surface area (Å²) in [4.78, 5) is 31.5. The van der Waals surface area contributed by atoms with Gasteiger partial charge >= 0.3 is 6.03 Å². The van der Waals surface area contributed by atoms with Crippen LogP contribution < -0.4 is 5.32 Å². The minimum Gasteiger partial charge on any atom is -0.439 e. The van der Waals surface area contributed by atoms with Crippen LogP contribution in [0.4, 0.5) is 4.79 Å². The molecule has 1 fully saturated rings. The van der Waals surface area contributed by atoms with Crippen LogP contribution in [0, 0.1) is 0 Å². The van der Waals surface area contributed by atoms with Crippen molar-refractivity contribution in [1.82, 2.24) is 15.2 Å². The number of fused-ring (bicyclic) bond motifs is 2. The molecule has 3 amide bonds. The van der Waals surface area contributed by atoms with Crippen molar-refractivity contribution in [2.75, 3.05) is 0 Å². The number of carbonyl (C=O) groups is 2. The van der Waals surface area contributed by atoms with Gasteiger partial charge in [-0.3, -0.25) is 9.69 Å². The van der Waals surface area contributed by atoms with Crippen LogP contribution in [-0.2, 0) is 23.3 Å². The van der Waals surface area contributed by atoms with E-state index in [1.165, 1.54) is 4.90 Å². The van der Waals surface area contributed by atoms with Crippen molar-refractivity contribution >= 4 is 23.5 Å². The zero-order valence-electron chi connectivity index (χ0n) is 15.5. The third kappa shape index (κ3) is 2.91. The zero-order chi connectivity index (χ0) is 20.0. The Morgan fingerprint density at radius 3 is 2.76 bits per heavy atom. The molecule has 1 aromatic heterocycles. The molecule has 2 aliphatic rings. The summed E-state index contributed by atoms with van der Waals surface area (Å²) in [6, 6.07) is 14.6. The van der Waals surface area contributed by atoms with Crippen molar-refractivity contribution in [3.63, 3.8) is 0 Å². The van der Waals surface area contributed by atoms with Crippen LogP contribution in [0.5, 0.6) is 0 Å². The highest BCUT2D eigenvalue weighted by atomic mass is 35.5. The van der Waals surface area contributed by atoms with E-state index in [1.807, 2.05) is 36.4 Å². The molecule has 29 heavy (non-hydrogen) atoms. The molecule has 0 bridgehead atoms. The number of carbonyl (C=O) groups excluding carboxylic acids is 2. The number of aryl methyl sites for hydroxylation is 1. The minimum absolute atomic E-state index is 0.0117. The van der Waals surface area contributed by atoms with E-state index in [0.717, 1.165) is 29.5 Å². The quantitative estimate of drug-likeness (QED) is 0.657. The molecule has 7 heteroatoms. The van der Waals surface area contributed by atoms with Crippen molar-refractivity contribution in [3.8, 4) is 11.3 Å². The summed E-state index contributed by atoms with van der Waals surface area (Å²) in [5.74, 6) is 0.613. The molecule has 6 nitrogen and oxygen atoms in total. The lowest BCUT2D eigenvalue weighted by Crippen LogP contribution is -2.46. The lowest BCUT2D eigenvalue weighted by molar-refractivity contribution is -0.132. The van der Waals surface area contributed by atoms with Crippen LogP contribution >= 0.6 is 11.6 Å². The van der Waals surface area contributed by atoms with Gasteiger partial charge in [-0.15, -0.1) is 0 Å². The molecule has 1 spiro atoms. The molecule has 0 radical (unpaired) electrons. The summed E-state index contributed by atoms with van der Waals surface area (Å²) in [6.07, 6.45) is 3.93. The van der Waals surface area contributed by atoms with Crippen molar-refractivity contribution in [2.45, 2.75) is 31.3 Å². The molecule has 2 aromatic carbocycles. The highest BCUT2D eigenvalue weighted by Gasteiger charge is 2.54. The minimum atomic E-state index is -0.989. The maximum absolute atomic E-state index is 13.3. The Balaban J connectivity index is 1.42. The van der Waals surface area contributed by atoms with E-state index in [2.05, 4.69) is 10.3 Å². The first kappa shape index (κ1) is 17.9. The first-order chi connectivity index (χ1) is 14.1. The molecule has 1 unspecified atom stereocenters. The molecule has 1 aliphatic carbocycles. The van der Waals surface area contributed by atoms with Gasteiger partial charge in [0.25, 0.3) is 5.91 Å². The lowest BCUT2D eigenvalue weighted by Gasteiger charge is -2.33. The Hall–Kier alpha value is -3.12. The second kappa shape index (κ2) is 6.74. The molecule has 1 aliphatic heterocycles. The second-order valence-electron chi connectivity index (χ2n) is 7.36. The summed E-state index contributed by atoms with van der Waals surface area (Å²) >= 11 is 5.92. The fourth-order valence-corrected chi connectivity index (χ4v) is 4.35. The van der Waals surface area contributed by atoms with Gasteiger partial charge in [0.05, 0.1) is 6.20 Å². The van der Waals surface area contributed by atoms with E-state index in [-0.39, 0.29) is 12.5 Å². The number of rotatable bonds is 3. The SMILES string of the molecule is O=C1NC2(CCCc3ccccc32)C(=O)N1Cc1ncc(-c2ccc(Cl)cc2)o1. The van der Waals surface area contributed by atoms with Gasteiger partial charge < -0.3 is 9.73 Å². The Kier molecular flexibility index (Phi) is 4.17. The normalized spacial score (nSPS) is 20.8. The molecule has 1 atom stereocenters. The van der Waals surface area contributed by atoms with E-state index < -0.39 is 11.6 Å². The summed E-state index contributed by atoms with van der Waals surface area (Å²) in [7, 11) is 0. The van der Waals surface area contributed by atoms with Gasteiger partial charge in [-0.2, -0.15) is 0 Å². The fourth-order valence-electron chi connectivity index (χ4n) is 4.22. The van der Waals surface area contributed by atoms with Gasteiger partial charge in [-0.25, -0.2) is 9.78 Å². The van der Waals surface area contributed by atoms with Crippen LogP contribution in [-0.4, -0.2) is 21.8 Å². The van der Waals surface area contributed by atoms with Gasteiger partial charge in [0, 0.05) is 10.6 Å². The lowest BCUT2D eigenvalue weighted by atomic mass is 9.76. The Morgan fingerprint density at radius 1 is 1.14 bits per heavy atom. The fraction of sp³-hybridized carbons (Fsp3) is 0.227. The van der Waals surface area contributed by atoms with Crippen LogP contribution in [0.25, 0.3) is 11.3 Å². The predicted molar refractivity (Wildman–Crippen MR) is 107 cm³/mol. The first-order valence-corrected chi connectivity index (χ1v) is 9.88. The number of aromatic nitrogens is 1. The van der Waals surface area contributed by atoms with E-state index in [9.17, 15) is 9.59 Å². The van der Waals surface area contributed by atoms with Crippen molar-refractivity contribution in [1.29, 1.82) is 0 Å². The van der Waals surface area contributed by atoms with E-state index in [4.69, 9.17) is 16.0 Å². The maximum Gasteiger partial charge on any atom is 0.325 e. The van der Waals surface area contributed by atoms with Crippen LogP contribution in [0.2, 0.25) is 5.02 Å². The summed E-state index contributed by atoms with van der Waals surface area (Å²) < 4.78 is 5.79. The first-order valence-electron chi connectivity index (χ1n) is 9.50. The number of nitrogens with zero attached hydrogens (tertiary/aromatic N) is 2. The number of benzene rings is 2. The number of halogens is 1. The number of hydrogen-bond donors (Lipinski definition) is 1. The molecular weight excluding hydrogens is 390 g/mol. The van der Waals surface area contributed by atoms with Gasteiger partial charge in [0.1, 0.15) is 12.1 Å². The number of nitrogens with one attached hydrogen (secondary N) is 1. The van der Waals surface area contributed by atoms with E-state index in [0.29, 0.717) is 23.1 Å².